The van der Waals surface area contributed by atoms with Gasteiger partial charge in [0.2, 0.25) is 0 Å². The number of benzene rings is 2. The van der Waals surface area contributed by atoms with Crippen LogP contribution in [0, 0.1) is 5.41 Å². The van der Waals surface area contributed by atoms with Gasteiger partial charge in [0.25, 0.3) is 0 Å². The Balaban J connectivity index is 1.91. The molecule has 0 aromatic heterocycles. The molecular weight excluding hydrogens is 234 g/mol. The van der Waals surface area contributed by atoms with Gasteiger partial charge in [0, 0.05) is 31.0 Å². The number of fused-ring (bicyclic) bond motifs is 1. The summed E-state index contributed by atoms with van der Waals surface area (Å²) in [6.45, 7) is 0.788. The van der Waals surface area contributed by atoms with Crippen molar-refractivity contribution in [2.24, 2.45) is 0 Å². The van der Waals surface area contributed by atoms with E-state index in [-0.39, 0.29) is 0 Å². The third-order valence-electron chi connectivity index (χ3n) is 3.55. The molecule has 3 rings (SSSR count). The number of anilines is 2. The van der Waals surface area contributed by atoms with E-state index in [2.05, 4.69) is 35.2 Å². The maximum atomic E-state index is 8.28. The van der Waals surface area contributed by atoms with Crippen LogP contribution in [0.2, 0.25) is 0 Å². The smallest absolute Gasteiger partial charge is 0.133 e. The molecule has 1 aliphatic heterocycles. The summed E-state index contributed by atoms with van der Waals surface area (Å²) in [5, 5.41) is 8.28. The molecular formula is C16H17N3. The highest BCUT2D eigenvalue weighted by Gasteiger charge is 2.24. The first-order chi connectivity index (χ1) is 9.16. The topological polar surface area (TPSA) is 30.3 Å². The van der Waals surface area contributed by atoms with Crippen molar-refractivity contribution < 1.29 is 0 Å². The zero-order valence-corrected chi connectivity index (χ0v) is 11.2. The predicted octanol–water partition coefficient (Wildman–Crippen LogP) is 3.10. The third kappa shape index (κ3) is 1.97. The lowest BCUT2D eigenvalue weighted by molar-refractivity contribution is 1.04. The van der Waals surface area contributed by atoms with Gasteiger partial charge in [-0.25, -0.2) is 0 Å². The minimum atomic E-state index is 0.591. The predicted molar refractivity (Wildman–Crippen MR) is 80.2 cm³/mol. The van der Waals surface area contributed by atoms with Gasteiger partial charge in [0.1, 0.15) is 5.84 Å². The SMILES string of the molecule is CN(C)c1ccc(N2Cc3ccccc3C2=N)cc1. The number of nitrogens with one attached hydrogen (secondary N) is 1. The maximum absolute atomic E-state index is 8.28. The summed E-state index contributed by atoms with van der Waals surface area (Å²) in [7, 11) is 4.06. The largest absolute Gasteiger partial charge is 0.378 e. The van der Waals surface area contributed by atoms with E-state index >= 15 is 0 Å². The molecule has 2 aromatic carbocycles. The molecule has 96 valence electrons. The minimum Gasteiger partial charge on any atom is -0.378 e. The lowest BCUT2D eigenvalue weighted by atomic mass is 10.1. The van der Waals surface area contributed by atoms with E-state index in [4.69, 9.17) is 5.41 Å². The Kier molecular flexibility index (Phi) is 2.75. The zero-order chi connectivity index (χ0) is 13.4. The summed E-state index contributed by atoms with van der Waals surface area (Å²) in [4.78, 5) is 4.12. The standard InChI is InChI=1S/C16H17N3/c1-18(2)13-7-9-14(10-8-13)19-11-12-5-3-4-6-15(12)16(19)17/h3-10,17H,11H2,1-2H3. The summed E-state index contributed by atoms with van der Waals surface area (Å²) in [5.74, 6) is 0.591. The molecule has 0 fully saturated rings. The number of amidine groups is 1. The Bertz CT molecular complexity index is 614. The highest BCUT2D eigenvalue weighted by atomic mass is 15.2. The second-order valence-electron chi connectivity index (χ2n) is 5.00. The van der Waals surface area contributed by atoms with Gasteiger partial charge in [-0.05, 0) is 29.8 Å². The highest BCUT2D eigenvalue weighted by molar-refractivity contribution is 6.11. The lowest BCUT2D eigenvalue weighted by Crippen LogP contribution is -2.23. The number of hydrogen-bond acceptors (Lipinski definition) is 2. The van der Waals surface area contributed by atoms with Crippen LogP contribution in [-0.4, -0.2) is 19.9 Å². The van der Waals surface area contributed by atoms with Crippen molar-refractivity contribution >= 4 is 17.2 Å². The molecule has 0 amide bonds. The van der Waals surface area contributed by atoms with Crippen molar-refractivity contribution in [1.29, 1.82) is 5.41 Å². The van der Waals surface area contributed by atoms with Gasteiger partial charge in [-0.15, -0.1) is 0 Å². The fraction of sp³-hybridized carbons (Fsp3) is 0.188. The van der Waals surface area contributed by atoms with Crippen LogP contribution in [0.15, 0.2) is 48.5 Å². The molecule has 3 heteroatoms. The molecule has 3 nitrogen and oxygen atoms in total. The zero-order valence-electron chi connectivity index (χ0n) is 11.2. The van der Waals surface area contributed by atoms with Crippen molar-refractivity contribution in [3.05, 3.63) is 59.7 Å². The average molecular weight is 251 g/mol. The van der Waals surface area contributed by atoms with Gasteiger partial charge in [0.15, 0.2) is 0 Å². The Morgan fingerprint density at radius 3 is 2.32 bits per heavy atom. The van der Waals surface area contributed by atoms with E-state index in [0.717, 1.165) is 17.8 Å². The normalized spacial score (nSPS) is 13.6. The Labute approximate surface area is 113 Å². The minimum absolute atomic E-state index is 0.591. The summed E-state index contributed by atoms with van der Waals surface area (Å²) < 4.78 is 0. The van der Waals surface area contributed by atoms with Gasteiger partial charge in [-0.3, -0.25) is 5.41 Å². The van der Waals surface area contributed by atoms with Crippen LogP contribution in [0.25, 0.3) is 0 Å². The summed E-state index contributed by atoms with van der Waals surface area (Å²) in [6.07, 6.45) is 0. The van der Waals surface area contributed by atoms with Crippen LogP contribution in [0.5, 0.6) is 0 Å². The Hall–Kier alpha value is -2.29. The molecule has 0 aliphatic carbocycles. The first kappa shape index (κ1) is 11.8. The third-order valence-corrected chi connectivity index (χ3v) is 3.55. The van der Waals surface area contributed by atoms with E-state index in [1.165, 1.54) is 11.3 Å². The summed E-state index contributed by atoms with van der Waals surface area (Å²) >= 11 is 0. The van der Waals surface area contributed by atoms with E-state index in [1.807, 2.05) is 37.2 Å². The van der Waals surface area contributed by atoms with Crippen LogP contribution in [-0.2, 0) is 6.54 Å². The van der Waals surface area contributed by atoms with Crippen LogP contribution in [0.4, 0.5) is 11.4 Å². The van der Waals surface area contributed by atoms with E-state index in [1.54, 1.807) is 0 Å². The molecule has 1 N–H and O–H groups in total. The van der Waals surface area contributed by atoms with Crippen LogP contribution in [0.3, 0.4) is 0 Å². The van der Waals surface area contributed by atoms with Crippen LogP contribution in [0.1, 0.15) is 11.1 Å². The molecule has 0 spiro atoms. The van der Waals surface area contributed by atoms with Crippen LogP contribution < -0.4 is 9.80 Å². The average Bonchev–Trinajstić information content (AvgIpc) is 2.77. The second kappa shape index (κ2) is 4.43. The second-order valence-corrected chi connectivity index (χ2v) is 5.00. The molecule has 1 aliphatic rings. The monoisotopic (exact) mass is 251 g/mol. The molecule has 0 unspecified atom stereocenters. The van der Waals surface area contributed by atoms with Gasteiger partial charge >= 0.3 is 0 Å². The number of rotatable bonds is 2. The highest BCUT2D eigenvalue weighted by Crippen LogP contribution is 2.29. The fourth-order valence-corrected chi connectivity index (χ4v) is 2.44. The Morgan fingerprint density at radius 1 is 1.00 bits per heavy atom. The van der Waals surface area contributed by atoms with Gasteiger partial charge < -0.3 is 9.80 Å². The number of nitrogens with zero attached hydrogens (tertiary/aromatic N) is 2. The molecule has 1 heterocycles. The van der Waals surface area contributed by atoms with Crippen molar-refractivity contribution in [3.8, 4) is 0 Å². The van der Waals surface area contributed by atoms with Gasteiger partial charge in [-0.1, -0.05) is 24.3 Å². The molecule has 0 atom stereocenters. The van der Waals surface area contributed by atoms with Crippen molar-refractivity contribution in [1.82, 2.24) is 0 Å². The quantitative estimate of drug-likeness (QED) is 0.889. The lowest BCUT2D eigenvalue weighted by Gasteiger charge is -2.19. The van der Waals surface area contributed by atoms with Crippen molar-refractivity contribution in [3.63, 3.8) is 0 Å². The first-order valence-electron chi connectivity index (χ1n) is 6.38. The Morgan fingerprint density at radius 2 is 1.68 bits per heavy atom. The molecule has 2 aromatic rings. The molecule has 0 saturated carbocycles. The molecule has 19 heavy (non-hydrogen) atoms. The maximum Gasteiger partial charge on any atom is 0.133 e. The van der Waals surface area contributed by atoms with Crippen LogP contribution >= 0.6 is 0 Å². The molecule has 0 saturated heterocycles. The first-order valence-corrected chi connectivity index (χ1v) is 6.38. The molecule has 0 bridgehead atoms. The fourth-order valence-electron chi connectivity index (χ4n) is 2.44. The van der Waals surface area contributed by atoms with Gasteiger partial charge in [0.05, 0.1) is 6.54 Å². The van der Waals surface area contributed by atoms with E-state index in [0.29, 0.717) is 5.84 Å². The number of hydrogen-bond donors (Lipinski definition) is 1. The summed E-state index contributed by atoms with van der Waals surface area (Å²) in [5.41, 5.74) is 4.52. The van der Waals surface area contributed by atoms with E-state index < -0.39 is 0 Å². The van der Waals surface area contributed by atoms with E-state index in [9.17, 15) is 0 Å². The summed E-state index contributed by atoms with van der Waals surface area (Å²) in [6, 6.07) is 16.5. The van der Waals surface area contributed by atoms with Crippen molar-refractivity contribution in [2.75, 3.05) is 23.9 Å². The van der Waals surface area contributed by atoms with Crippen molar-refractivity contribution in [2.45, 2.75) is 6.54 Å². The van der Waals surface area contributed by atoms with Gasteiger partial charge in [-0.2, -0.15) is 0 Å². The molecule has 0 radical (unpaired) electrons.